The van der Waals surface area contributed by atoms with Crippen LogP contribution in [0.15, 0.2) is 16.6 Å². The normalized spacial score (nSPS) is 13.6. The van der Waals surface area contributed by atoms with Crippen molar-refractivity contribution in [3.63, 3.8) is 0 Å². The number of hydrogen-bond acceptors (Lipinski definition) is 1. The number of halogens is 1. The summed E-state index contributed by atoms with van der Waals surface area (Å²) in [5.41, 5.74) is 4.49. The third kappa shape index (κ3) is 5.57. The van der Waals surface area contributed by atoms with Crippen LogP contribution in [0.4, 0.5) is 0 Å². The molecule has 0 aliphatic carbocycles. The number of rotatable bonds is 6. The summed E-state index contributed by atoms with van der Waals surface area (Å²) in [5.74, 6) is 0. The Morgan fingerprint density at radius 1 is 1.15 bits per heavy atom. The molecule has 1 aromatic carbocycles. The molecule has 0 spiro atoms. The van der Waals surface area contributed by atoms with Gasteiger partial charge in [0.15, 0.2) is 0 Å². The van der Waals surface area contributed by atoms with Crippen LogP contribution < -0.4 is 5.32 Å². The molecule has 20 heavy (non-hydrogen) atoms. The molecule has 0 aromatic heterocycles. The van der Waals surface area contributed by atoms with Gasteiger partial charge in [-0.2, -0.15) is 0 Å². The summed E-state index contributed by atoms with van der Waals surface area (Å²) in [6, 6.07) is 5.12. The zero-order chi connectivity index (χ0) is 15.3. The van der Waals surface area contributed by atoms with Crippen molar-refractivity contribution in [2.75, 3.05) is 6.54 Å². The molecule has 0 bridgehead atoms. The van der Waals surface area contributed by atoms with Crippen LogP contribution in [0.3, 0.4) is 0 Å². The first kappa shape index (κ1) is 17.7. The Bertz CT molecular complexity index is 409. The molecular formula is C18H30BrN. The SMILES string of the molecule is CCCNC(CCC(C)(C)C)c1cc(C)c(Br)c(C)c1. The largest absolute Gasteiger partial charge is 0.310 e. The molecule has 0 radical (unpaired) electrons. The maximum absolute atomic E-state index is 3.72. The molecule has 1 unspecified atom stereocenters. The second kappa shape index (κ2) is 7.61. The van der Waals surface area contributed by atoms with Gasteiger partial charge in [0.2, 0.25) is 0 Å². The van der Waals surface area contributed by atoms with Gasteiger partial charge in [0, 0.05) is 10.5 Å². The van der Waals surface area contributed by atoms with Gasteiger partial charge < -0.3 is 5.32 Å². The quantitative estimate of drug-likeness (QED) is 0.676. The molecule has 1 aromatic rings. The van der Waals surface area contributed by atoms with Crippen molar-refractivity contribution in [2.24, 2.45) is 5.41 Å². The molecule has 0 fully saturated rings. The average Bonchev–Trinajstić information content (AvgIpc) is 2.34. The average molecular weight is 340 g/mol. The molecule has 1 N–H and O–H groups in total. The number of aryl methyl sites for hydroxylation is 2. The molecule has 0 heterocycles. The number of hydrogen-bond donors (Lipinski definition) is 1. The highest BCUT2D eigenvalue weighted by molar-refractivity contribution is 9.10. The van der Waals surface area contributed by atoms with Crippen LogP contribution in [-0.4, -0.2) is 6.54 Å². The van der Waals surface area contributed by atoms with Crippen molar-refractivity contribution >= 4 is 15.9 Å². The lowest BCUT2D eigenvalue weighted by atomic mass is 9.86. The Balaban J connectivity index is 2.92. The van der Waals surface area contributed by atoms with Gasteiger partial charge in [0.1, 0.15) is 0 Å². The Labute approximate surface area is 133 Å². The van der Waals surface area contributed by atoms with Gasteiger partial charge in [0.25, 0.3) is 0 Å². The zero-order valence-corrected chi connectivity index (χ0v) is 15.5. The van der Waals surface area contributed by atoms with Crippen LogP contribution in [0.2, 0.25) is 0 Å². The predicted octanol–water partition coefficient (Wildman–Crippen LogP) is 5.93. The highest BCUT2D eigenvalue weighted by Gasteiger charge is 2.17. The molecule has 0 saturated carbocycles. The van der Waals surface area contributed by atoms with E-state index in [9.17, 15) is 0 Å². The second-order valence-electron chi connectivity index (χ2n) is 7.07. The Morgan fingerprint density at radius 3 is 2.15 bits per heavy atom. The summed E-state index contributed by atoms with van der Waals surface area (Å²) in [6.07, 6.45) is 3.62. The molecule has 1 atom stereocenters. The summed E-state index contributed by atoms with van der Waals surface area (Å²) < 4.78 is 1.24. The van der Waals surface area contributed by atoms with E-state index in [1.165, 1.54) is 40.4 Å². The maximum atomic E-state index is 3.72. The standard InChI is InChI=1S/C18H30BrN/c1-7-10-20-16(8-9-18(4,5)6)15-11-13(2)17(19)14(3)12-15/h11-12,16,20H,7-10H2,1-6H3. The fourth-order valence-corrected chi connectivity index (χ4v) is 2.69. The molecule has 1 nitrogen and oxygen atoms in total. The highest BCUT2D eigenvalue weighted by Crippen LogP contribution is 2.30. The minimum atomic E-state index is 0.394. The van der Waals surface area contributed by atoms with Gasteiger partial charge in [0.05, 0.1) is 0 Å². The molecule has 114 valence electrons. The summed E-state index contributed by atoms with van der Waals surface area (Å²) in [7, 11) is 0. The lowest BCUT2D eigenvalue weighted by Gasteiger charge is -2.25. The van der Waals surface area contributed by atoms with Crippen molar-refractivity contribution in [1.29, 1.82) is 0 Å². The highest BCUT2D eigenvalue weighted by atomic mass is 79.9. The van der Waals surface area contributed by atoms with E-state index >= 15 is 0 Å². The summed E-state index contributed by atoms with van der Waals surface area (Å²) in [4.78, 5) is 0. The van der Waals surface area contributed by atoms with Crippen LogP contribution >= 0.6 is 15.9 Å². The van der Waals surface area contributed by atoms with Gasteiger partial charge in [-0.3, -0.25) is 0 Å². The van der Waals surface area contributed by atoms with Crippen LogP contribution in [0.1, 0.15) is 69.7 Å². The van der Waals surface area contributed by atoms with Crippen molar-refractivity contribution < 1.29 is 0 Å². The van der Waals surface area contributed by atoms with E-state index in [1.54, 1.807) is 0 Å². The number of nitrogens with one attached hydrogen (secondary N) is 1. The van der Waals surface area contributed by atoms with E-state index in [-0.39, 0.29) is 0 Å². The summed E-state index contributed by atoms with van der Waals surface area (Å²) in [6.45, 7) is 14.6. The van der Waals surface area contributed by atoms with Gasteiger partial charge in [-0.05, 0) is 61.8 Å². The number of benzene rings is 1. The minimum Gasteiger partial charge on any atom is -0.310 e. The predicted molar refractivity (Wildman–Crippen MR) is 93.3 cm³/mol. The molecule has 1 rings (SSSR count). The third-order valence-corrected chi connectivity index (χ3v) is 4.94. The summed E-state index contributed by atoms with van der Waals surface area (Å²) in [5, 5.41) is 3.72. The first-order chi connectivity index (χ1) is 9.24. The molecule has 0 aliphatic heterocycles. The molecule has 2 heteroatoms. The van der Waals surface area contributed by atoms with Crippen molar-refractivity contribution in [3.05, 3.63) is 33.3 Å². The van der Waals surface area contributed by atoms with Gasteiger partial charge in [-0.25, -0.2) is 0 Å². The molecule has 0 saturated heterocycles. The Hall–Kier alpha value is -0.340. The van der Waals surface area contributed by atoms with Crippen molar-refractivity contribution in [1.82, 2.24) is 5.32 Å². The van der Waals surface area contributed by atoms with Gasteiger partial charge in [-0.1, -0.05) is 55.8 Å². The lowest BCUT2D eigenvalue weighted by Crippen LogP contribution is -2.24. The zero-order valence-electron chi connectivity index (χ0n) is 13.9. The maximum Gasteiger partial charge on any atom is 0.0320 e. The smallest absolute Gasteiger partial charge is 0.0320 e. The van der Waals surface area contributed by atoms with Crippen molar-refractivity contribution in [2.45, 2.75) is 66.8 Å². The minimum absolute atomic E-state index is 0.394. The molecule has 0 aliphatic rings. The van der Waals surface area contributed by atoms with E-state index in [4.69, 9.17) is 0 Å². The fourth-order valence-electron chi connectivity index (χ4n) is 2.46. The topological polar surface area (TPSA) is 12.0 Å². The first-order valence-electron chi connectivity index (χ1n) is 7.74. The van der Waals surface area contributed by atoms with E-state index in [2.05, 4.69) is 74.9 Å². The van der Waals surface area contributed by atoms with Crippen LogP contribution in [0.25, 0.3) is 0 Å². The Morgan fingerprint density at radius 2 is 1.70 bits per heavy atom. The monoisotopic (exact) mass is 339 g/mol. The van der Waals surface area contributed by atoms with E-state index in [1.807, 2.05) is 0 Å². The van der Waals surface area contributed by atoms with Crippen molar-refractivity contribution in [3.8, 4) is 0 Å². The first-order valence-corrected chi connectivity index (χ1v) is 8.54. The van der Waals surface area contributed by atoms with E-state index in [0.717, 1.165) is 6.54 Å². The van der Waals surface area contributed by atoms with Gasteiger partial charge in [-0.15, -0.1) is 0 Å². The van der Waals surface area contributed by atoms with E-state index < -0.39 is 0 Å². The lowest BCUT2D eigenvalue weighted by molar-refractivity contribution is 0.332. The fraction of sp³-hybridized carbons (Fsp3) is 0.667. The van der Waals surface area contributed by atoms with Crippen LogP contribution in [0, 0.1) is 19.3 Å². The van der Waals surface area contributed by atoms with Gasteiger partial charge >= 0.3 is 0 Å². The third-order valence-electron chi connectivity index (χ3n) is 3.68. The van der Waals surface area contributed by atoms with E-state index in [0.29, 0.717) is 11.5 Å². The summed E-state index contributed by atoms with van der Waals surface area (Å²) >= 11 is 3.67. The van der Waals surface area contributed by atoms with Crippen LogP contribution in [-0.2, 0) is 0 Å². The second-order valence-corrected chi connectivity index (χ2v) is 7.87. The molecular weight excluding hydrogens is 310 g/mol. The Kier molecular flexibility index (Phi) is 6.74. The van der Waals surface area contributed by atoms with Crippen LogP contribution in [0.5, 0.6) is 0 Å². The molecule has 0 amide bonds.